The highest BCUT2D eigenvalue weighted by Crippen LogP contribution is 2.32. The Balaban J connectivity index is 1.52. The van der Waals surface area contributed by atoms with Gasteiger partial charge in [-0.2, -0.15) is 0 Å². The third kappa shape index (κ3) is 2.70. The van der Waals surface area contributed by atoms with E-state index in [2.05, 4.69) is 34.7 Å². The number of amides is 1. The summed E-state index contributed by atoms with van der Waals surface area (Å²) in [6, 6.07) is 5.14. The van der Waals surface area contributed by atoms with Crippen molar-refractivity contribution in [3.05, 3.63) is 22.4 Å². The van der Waals surface area contributed by atoms with Crippen molar-refractivity contribution in [1.29, 1.82) is 0 Å². The van der Waals surface area contributed by atoms with Crippen molar-refractivity contribution in [3.8, 4) is 0 Å². The first-order chi connectivity index (χ1) is 9.25. The molecule has 0 saturated carbocycles. The number of carbonyl (C=O) groups excluding carboxylic acids is 1. The van der Waals surface area contributed by atoms with Gasteiger partial charge in [-0.25, -0.2) is 0 Å². The molecule has 3 unspecified atom stereocenters. The van der Waals surface area contributed by atoms with E-state index in [1.165, 1.54) is 11.3 Å². The van der Waals surface area contributed by atoms with E-state index in [4.69, 9.17) is 0 Å². The standard InChI is InChI=1S/C15H22N2OS/c1-11-8-12-9-16-10-14(12)17(11)15(18)6-2-4-13-5-3-7-19-13/h3,5,7,11-12,14,16H,2,4,6,8-10H2,1H3. The lowest BCUT2D eigenvalue weighted by Crippen LogP contribution is -2.42. The van der Waals surface area contributed by atoms with Gasteiger partial charge in [0.1, 0.15) is 0 Å². The zero-order valence-electron chi connectivity index (χ0n) is 11.5. The summed E-state index contributed by atoms with van der Waals surface area (Å²) in [6.07, 6.45) is 3.89. The largest absolute Gasteiger partial charge is 0.335 e. The molecule has 0 radical (unpaired) electrons. The summed E-state index contributed by atoms with van der Waals surface area (Å²) < 4.78 is 0. The predicted molar refractivity (Wildman–Crippen MR) is 78.3 cm³/mol. The Morgan fingerprint density at radius 2 is 2.42 bits per heavy atom. The first-order valence-corrected chi connectivity index (χ1v) is 8.18. The van der Waals surface area contributed by atoms with Gasteiger partial charge < -0.3 is 10.2 Å². The molecule has 4 heteroatoms. The quantitative estimate of drug-likeness (QED) is 0.916. The molecule has 0 aliphatic carbocycles. The van der Waals surface area contributed by atoms with Crippen LogP contribution in [0.15, 0.2) is 17.5 Å². The minimum absolute atomic E-state index is 0.361. The van der Waals surface area contributed by atoms with Gasteiger partial charge in [0, 0.05) is 36.5 Å². The molecule has 2 fully saturated rings. The van der Waals surface area contributed by atoms with Crippen LogP contribution in [0.1, 0.15) is 31.1 Å². The van der Waals surface area contributed by atoms with E-state index >= 15 is 0 Å². The number of fused-ring (bicyclic) bond motifs is 1. The number of rotatable bonds is 4. The summed E-state index contributed by atoms with van der Waals surface area (Å²) in [5, 5.41) is 5.52. The number of carbonyl (C=O) groups is 1. The Bertz CT molecular complexity index is 431. The topological polar surface area (TPSA) is 32.3 Å². The van der Waals surface area contributed by atoms with Gasteiger partial charge in [0.2, 0.25) is 5.91 Å². The van der Waals surface area contributed by atoms with Gasteiger partial charge in [0.25, 0.3) is 0 Å². The summed E-state index contributed by atoms with van der Waals surface area (Å²) in [4.78, 5) is 16.0. The van der Waals surface area contributed by atoms with Crippen LogP contribution in [0.25, 0.3) is 0 Å². The van der Waals surface area contributed by atoms with Crippen LogP contribution >= 0.6 is 11.3 Å². The monoisotopic (exact) mass is 278 g/mol. The van der Waals surface area contributed by atoms with Crippen molar-refractivity contribution in [1.82, 2.24) is 10.2 Å². The van der Waals surface area contributed by atoms with Crippen LogP contribution in [-0.4, -0.2) is 36.0 Å². The molecular formula is C15H22N2OS. The van der Waals surface area contributed by atoms with E-state index in [0.717, 1.165) is 25.9 Å². The zero-order chi connectivity index (χ0) is 13.2. The van der Waals surface area contributed by atoms with Crippen LogP contribution in [0.3, 0.4) is 0 Å². The molecule has 3 heterocycles. The second-order valence-electron chi connectivity index (χ2n) is 5.80. The second kappa shape index (κ2) is 5.63. The molecule has 1 aromatic heterocycles. The smallest absolute Gasteiger partial charge is 0.223 e. The van der Waals surface area contributed by atoms with Crippen LogP contribution in [-0.2, 0) is 11.2 Å². The molecule has 2 aliphatic heterocycles. The van der Waals surface area contributed by atoms with E-state index in [1.54, 1.807) is 11.3 Å². The third-order valence-corrected chi connectivity index (χ3v) is 5.40. The van der Waals surface area contributed by atoms with Crippen molar-refractivity contribution in [2.24, 2.45) is 5.92 Å². The minimum Gasteiger partial charge on any atom is -0.335 e. The highest BCUT2D eigenvalue weighted by Gasteiger charge is 2.43. The Morgan fingerprint density at radius 3 is 3.21 bits per heavy atom. The number of nitrogens with one attached hydrogen (secondary N) is 1. The molecule has 1 aromatic rings. The zero-order valence-corrected chi connectivity index (χ0v) is 12.3. The summed E-state index contributed by atoms with van der Waals surface area (Å²) in [5.74, 6) is 1.05. The van der Waals surface area contributed by atoms with Crippen LogP contribution in [0.2, 0.25) is 0 Å². The lowest BCUT2D eigenvalue weighted by atomic mass is 10.0. The Morgan fingerprint density at radius 1 is 1.53 bits per heavy atom. The maximum atomic E-state index is 12.4. The number of hydrogen-bond acceptors (Lipinski definition) is 3. The maximum Gasteiger partial charge on any atom is 0.223 e. The molecule has 0 bridgehead atoms. The Hall–Kier alpha value is -0.870. The molecule has 19 heavy (non-hydrogen) atoms. The SMILES string of the molecule is CC1CC2CNCC2N1C(=O)CCCc1cccs1. The van der Waals surface area contributed by atoms with Gasteiger partial charge in [-0.15, -0.1) is 11.3 Å². The number of thiophene rings is 1. The Labute approximate surface area is 119 Å². The third-order valence-electron chi connectivity index (χ3n) is 4.46. The predicted octanol–water partition coefficient (Wildman–Crippen LogP) is 2.28. The van der Waals surface area contributed by atoms with Crippen LogP contribution in [0.5, 0.6) is 0 Å². The minimum atomic E-state index is 0.361. The normalized spacial score (nSPS) is 29.7. The van der Waals surface area contributed by atoms with Gasteiger partial charge in [-0.3, -0.25) is 4.79 Å². The van der Waals surface area contributed by atoms with Gasteiger partial charge >= 0.3 is 0 Å². The number of likely N-dealkylation sites (tertiary alicyclic amines) is 1. The summed E-state index contributed by atoms with van der Waals surface area (Å²) in [6.45, 7) is 4.29. The molecule has 1 amide bonds. The van der Waals surface area contributed by atoms with Gasteiger partial charge in [-0.1, -0.05) is 6.07 Å². The van der Waals surface area contributed by atoms with E-state index in [0.29, 0.717) is 30.3 Å². The molecule has 104 valence electrons. The van der Waals surface area contributed by atoms with Crippen molar-refractivity contribution in [2.75, 3.05) is 13.1 Å². The highest BCUT2D eigenvalue weighted by atomic mass is 32.1. The maximum absolute atomic E-state index is 12.4. The van der Waals surface area contributed by atoms with Crippen molar-refractivity contribution in [3.63, 3.8) is 0 Å². The summed E-state index contributed by atoms with van der Waals surface area (Å²) in [7, 11) is 0. The van der Waals surface area contributed by atoms with E-state index < -0.39 is 0 Å². The molecule has 3 rings (SSSR count). The Kier molecular flexibility index (Phi) is 3.89. The van der Waals surface area contributed by atoms with E-state index in [1.807, 2.05) is 0 Å². The highest BCUT2D eigenvalue weighted by molar-refractivity contribution is 7.09. The number of aryl methyl sites for hydroxylation is 1. The number of nitrogens with zero attached hydrogens (tertiary/aromatic N) is 1. The molecule has 2 saturated heterocycles. The lowest BCUT2D eigenvalue weighted by molar-refractivity contribution is -0.133. The molecular weight excluding hydrogens is 256 g/mol. The summed E-state index contributed by atoms with van der Waals surface area (Å²) >= 11 is 1.79. The first-order valence-electron chi connectivity index (χ1n) is 7.30. The van der Waals surface area contributed by atoms with Crippen molar-refractivity contribution in [2.45, 2.75) is 44.7 Å². The lowest BCUT2D eigenvalue weighted by Gasteiger charge is -2.27. The molecule has 1 N–H and O–H groups in total. The van der Waals surface area contributed by atoms with E-state index in [9.17, 15) is 4.79 Å². The average Bonchev–Trinajstić information content (AvgIpc) is 3.05. The average molecular weight is 278 g/mol. The molecule has 3 atom stereocenters. The van der Waals surface area contributed by atoms with E-state index in [-0.39, 0.29) is 0 Å². The van der Waals surface area contributed by atoms with Gasteiger partial charge in [-0.05, 0) is 43.6 Å². The fourth-order valence-electron chi connectivity index (χ4n) is 3.59. The van der Waals surface area contributed by atoms with Crippen LogP contribution in [0.4, 0.5) is 0 Å². The second-order valence-corrected chi connectivity index (χ2v) is 6.84. The number of hydrogen-bond donors (Lipinski definition) is 1. The molecule has 0 spiro atoms. The van der Waals surface area contributed by atoms with Crippen molar-refractivity contribution >= 4 is 17.2 Å². The molecule has 0 aromatic carbocycles. The van der Waals surface area contributed by atoms with Crippen molar-refractivity contribution < 1.29 is 4.79 Å². The fourth-order valence-corrected chi connectivity index (χ4v) is 4.34. The fraction of sp³-hybridized carbons (Fsp3) is 0.667. The van der Waals surface area contributed by atoms with Crippen LogP contribution < -0.4 is 5.32 Å². The molecule has 2 aliphatic rings. The summed E-state index contributed by atoms with van der Waals surface area (Å²) in [5.41, 5.74) is 0. The van der Waals surface area contributed by atoms with Gasteiger partial charge in [0.05, 0.1) is 0 Å². The first kappa shape index (κ1) is 13.1. The molecule has 3 nitrogen and oxygen atoms in total. The van der Waals surface area contributed by atoms with Crippen LogP contribution in [0, 0.1) is 5.92 Å². The van der Waals surface area contributed by atoms with Gasteiger partial charge in [0.15, 0.2) is 0 Å².